The van der Waals surface area contributed by atoms with Crippen LogP contribution >= 0.6 is 0 Å². The van der Waals surface area contributed by atoms with E-state index in [1.807, 2.05) is 0 Å². The number of carbonyl (C=O) groups excluding carboxylic acids is 1. The van der Waals surface area contributed by atoms with Crippen molar-refractivity contribution >= 4 is 14.3 Å². The summed E-state index contributed by atoms with van der Waals surface area (Å²) in [7, 11) is -2.80. The zero-order valence-electron chi connectivity index (χ0n) is 12.0. The third-order valence-corrected chi connectivity index (χ3v) is 5.66. The van der Waals surface area contributed by atoms with E-state index in [-0.39, 0.29) is 6.61 Å². The summed E-state index contributed by atoms with van der Waals surface area (Å²) in [4.78, 5) is 11.8. The summed E-state index contributed by atoms with van der Waals surface area (Å²) >= 11 is 0. The van der Waals surface area contributed by atoms with Crippen LogP contribution in [0.4, 0.5) is 22.0 Å². The molecule has 0 saturated heterocycles. The standard InChI is InChI=1S/C12H14F5NO3Si/c1-4-20-22(2,3)11(18)12(19)21-10-8(16)6(14)5(13)7(15)9(10)17/h11H,4,18H2,1-3H3. The SMILES string of the molecule is CCO[Si](C)(C)C(N)C(=O)Oc1c(F)c(F)c(F)c(F)c1F. The average Bonchev–Trinajstić information content (AvgIpc) is 2.46. The van der Waals surface area contributed by atoms with E-state index in [9.17, 15) is 26.7 Å². The molecule has 0 spiro atoms. The van der Waals surface area contributed by atoms with Crippen molar-refractivity contribution in [3.8, 4) is 5.75 Å². The highest BCUT2D eigenvalue weighted by Crippen LogP contribution is 2.29. The maximum Gasteiger partial charge on any atom is 0.328 e. The van der Waals surface area contributed by atoms with Crippen molar-refractivity contribution in [1.29, 1.82) is 0 Å². The van der Waals surface area contributed by atoms with E-state index in [2.05, 4.69) is 4.74 Å². The van der Waals surface area contributed by atoms with Gasteiger partial charge in [0.15, 0.2) is 0 Å². The maximum atomic E-state index is 13.4. The summed E-state index contributed by atoms with van der Waals surface area (Å²) in [5.74, 6) is -14.3. The van der Waals surface area contributed by atoms with Gasteiger partial charge < -0.3 is 14.9 Å². The lowest BCUT2D eigenvalue weighted by atomic mass is 10.2. The summed E-state index contributed by atoms with van der Waals surface area (Å²) in [6, 6.07) is 0. The highest BCUT2D eigenvalue weighted by Gasteiger charge is 2.39. The van der Waals surface area contributed by atoms with Crippen molar-refractivity contribution in [2.75, 3.05) is 6.61 Å². The third-order valence-electron chi connectivity index (χ3n) is 2.89. The van der Waals surface area contributed by atoms with E-state index >= 15 is 0 Å². The van der Waals surface area contributed by atoms with E-state index in [1.54, 1.807) is 20.0 Å². The molecule has 124 valence electrons. The monoisotopic (exact) mass is 343 g/mol. The number of rotatable bonds is 5. The lowest BCUT2D eigenvalue weighted by molar-refractivity contribution is -0.134. The van der Waals surface area contributed by atoms with Crippen LogP contribution in [0.1, 0.15) is 6.92 Å². The Morgan fingerprint density at radius 1 is 1.05 bits per heavy atom. The fraction of sp³-hybridized carbons (Fsp3) is 0.417. The van der Waals surface area contributed by atoms with Crippen LogP contribution in [-0.4, -0.2) is 26.6 Å². The number of nitrogens with two attached hydrogens (primary N) is 1. The first-order valence-electron chi connectivity index (χ1n) is 6.17. The molecule has 0 amide bonds. The van der Waals surface area contributed by atoms with Gasteiger partial charge in [-0.1, -0.05) is 0 Å². The molecule has 0 aliphatic rings. The zero-order valence-corrected chi connectivity index (χ0v) is 13.0. The summed E-state index contributed by atoms with van der Waals surface area (Å²) < 4.78 is 75.3. The Morgan fingerprint density at radius 2 is 1.45 bits per heavy atom. The molecule has 0 saturated carbocycles. The molecule has 1 atom stereocenters. The number of esters is 1. The van der Waals surface area contributed by atoms with Crippen LogP contribution in [0.2, 0.25) is 13.1 Å². The van der Waals surface area contributed by atoms with Crippen LogP contribution in [0, 0.1) is 29.1 Å². The Kier molecular flexibility index (Phi) is 5.65. The number of ether oxygens (including phenoxy) is 1. The second-order valence-electron chi connectivity index (χ2n) is 4.83. The van der Waals surface area contributed by atoms with Crippen LogP contribution in [0.5, 0.6) is 5.75 Å². The molecule has 1 aromatic rings. The molecule has 1 unspecified atom stereocenters. The molecule has 4 nitrogen and oxygen atoms in total. The van der Waals surface area contributed by atoms with Gasteiger partial charge in [-0.15, -0.1) is 0 Å². The molecule has 0 aromatic heterocycles. The van der Waals surface area contributed by atoms with Crippen LogP contribution in [0.3, 0.4) is 0 Å². The molecule has 1 aromatic carbocycles. The number of carbonyl (C=O) groups is 1. The summed E-state index contributed by atoms with van der Waals surface area (Å²) in [5.41, 5.74) is 4.22. The largest absolute Gasteiger partial charge is 0.419 e. The van der Waals surface area contributed by atoms with Crippen LogP contribution in [-0.2, 0) is 9.22 Å². The Bertz CT molecular complexity index is 568. The van der Waals surface area contributed by atoms with E-state index in [0.29, 0.717) is 0 Å². The fourth-order valence-electron chi connectivity index (χ4n) is 1.58. The fourth-order valence-corrected chi connectivity index (χ4v) is 3.13. The van der Waals surface area contributed by atoms with Crippen LogP contribution in [0.15, 0.2) is 0 Å². The smallest absolute Gasteiger partial charge is 0.328 e. The Morgan fingerprint density at radius 3 is 1.86 bits per heavy atom. The average molecular weight is 343 g/mol. The van der Waals surface area contributed by atoms with E-state index < -0.39 is 54.8 Å². The molecule has 0 fully saturated rings. The van der Waals surface area contributed by atoms with Gasteiger partial charge >= 0.3 is 5.97 Å². The minimum atomic E-state index is -2.80. The molecule has 1 rings (SSSR count). The molecular formula is C12H14F5NO3Si. The first-order valence-corrected chi connectivity index (χ1v) is 9.15. The van der Waals surface area contributed by atoms with Crippen molar-refractivity contribution in [1.82, 2.24) is 0 Å². The number of hydrogen-bond donors (Lipinski definition) is 1. The van der Waals surface area contributed by atoms with E-state index in [4.69, 9.17) is 10.2 Å². The summed E-state index contributed by atoms with van der Waals surface area (Å²) in [6.45, 7) is 4.97. The maximum absolute atomic E-state index is 13.4. The van der Waals surface area contributed by atoms with Crippen molar-refractivity contribution in [3.63, 3.8) is 0 Å². The second-order valence-corrected chi connectivity index (χ2v) is 8.95. The van der Waals surface area contributed by atoms with Crippen LogP contribution in [0.25, 0.3) is 0 Å². The summed E-state index contributed by atoms with van der Waals surface area (Å²) in [5, 5.41) is 0. The summed E-state index contributed by atoms with van der Waals surface area (Å²) in [6.07, 6.45) is 0. The van der Waals surface area contributed by atoms with Gasteiger partial charge in [0.25, 0.3) is 0 Å². The van der Waals surface area contributed by atoms with Gasteiger partial charge in [-0.05, 0) is 20.0 Å². The minimum absolute atomic E-state index is 0.239. The topological polar surface area (TPSA) is 61.5 Å². The lowest BCUT2D eigenvalue weighted by Gasteiger charge is -2.27. The highest BCUT2D eigenvalue weighted by molar-refractivity contribution is 6.75. The van der Waals surface area contributed by atoms with Gasteiger partial charge in [-0.2, -0.15) is 8.78 Å². The molecule has 10 heteroatoms. The molecule has 0 aliphatic carbocycles. The molecule has 22 heavy (non-hydrogen) atoms. The van der Waals surface area contributed by atoms with Crippen molar-refractivity contribution in [2.24, 2.45) is 5.73 Å². The second kappa shape index (κ2) is 6.71. The van der Waals surface area contributed by atoms with Crippen molar-refractivity contribution in [2.45, 2.75) is 25.7 Å². The number of hydrogen-bond acceptors (Lipinski definition) is 4. The van der Waals surface area contributed by atoms with Crippen molar-refractivity contribution in [3.05, 3.63) is 29.1 Å². The Hall–Kier alpha value is -1.52. The quantitative estimate of drug-likeness (QED) is 0.223. The normalized spacial score (nSPS) is 13.1. The third kappa shape index (κ3) is 3.44. The molecule has 2 N–H and O–H groups in total. The van der Waals surface area contributed by atoms with Gasteiger partial charge in [0.1, 0.15) is 5.67 Å². The zero-order chi connectivity index (χ0) is 17.2. The molecule has 0 heterocycles. The molecule has 0 radical (unpaired) electrons. The first kappa shape index (κ1) is 18.5. The van der Waals surface area contributed by atoms with E-state index in [0.717, 1.165) is 0 Å². The van der Waals surface area contributed by atoms with Gasteiger partial charge in [-0.3, -0.25) is 4.79 Å². The predicted molar refractivity (Wildman–Crippen MR) is 69.0 cm³/mol. The Balaban J connectivity index is 3.13. The highest BCUT2D eigenvalue weighted by atomic mass is 28.4. The molecular weight excluding hydrogens is 329 g/mol. The lowest BCUT2D eigenvalue weighted by Crippen LogP contribution is -2.56. The Labute approximate surface area is 124 Å². The molecule has 0 aliphatic heterocycles. The minimum Gasteiger partial charge on any atom is -0.419 e. The van der Waals surface area contributed by atoms with Crippen molar-refractivity contribution < 1.29 is 35.9 Å². The van der Waals surface area contributed by atoms with Crippen LogP contribution < -0.4 is 10.5 Å². The predicted octanol–water partition coefficient (Wildman–Crippen LogP) is 2.40. The first-order chi connectivity index (χ1) is 10.0. The van der Waals surface area contributed by atoms with E-state index in [1.165, 1.54) is 0 Å². The van der Waals surface area contributed by atoms with Gasteiger partial charge in [0, 0.05) is 6.61 Å². The van der Waals surface area contributed by atoms with Gasteiger partial charge in [0.2, 0.25) is 43.2 Å². The number of benzene rings is 1. The van der Waals surface area contributed by atoms with Gasteiger partial charge in [-0.25, -0.2) is 13.2 Å². The number of halogens is 5. The van der Waals surface area contributed by atoms with Gasteiger partial charge in [0.05, 0.1) is 0 Å². The molecule has 0 bridgehead atoms.